The molecule has 86 valence electrons. The van der Waals surface area contributed by atoms with Crippen molar-refractivity contribution in [3.8, 4) is 0 Å². The van der Waals surface area contributed by atoms with Crippen LogP contribution < -0.4 is 10.2 Å². The van der Waals surface area contributed by atoms with Crippen molar-refractivity contribution in [3.05, 3.63) is 18.5 Å². The number of rotatable bonds is 1. The van der Waals surface area contributed by atoms with Gasteiger partial charge in [0.2, 0.25) is 5.95 Å². The van der Waals surface area contributed by atoms with Crippen molar-refractivity contribution in [1.29, 1.82) is 0 Å². The van der Waals surface area contributed by atoms with Crippen LogP contribution in [0.2, 0.25) is 0 Å². The summed E-state index contributed by atoms with van der Waals surface area (Å²) < 4.78 is 0. The third-order valence-electron chi connectivity index (χ3n) is 2.69. The summed E-state index contributed by atoms with van der Waals surface area (Å²) in [7, 11) is 0. The fraction of sp³-hybridized carbons (Fsp3) is 0.400. The maximum Gasteiger partial charge on any atom is 0.226 e. The van der Waals surface area contributed by atoms with E-state index in [-0.39, 0.29) is 12.4 Å². The summed E-state index contributed by atoms with van der Waals surface area (Å²) in [4.78, 5) is 14.2. The number of nitrogens with one attached hydrogen (secondary N) is 2. The molecule has 2 aromatic heterocycles. The monoisotopic (exact) mass is 239 g/mol. The van der Waals surface area contributed by atoms with Crippen LogP contribution in [0.3, 0.4) is 0 Å². The van der Waals surface area contributed by atoms with Gasteiger partial charge in [0.05, 0.1) is 17.2 Å². The van der Waals surface area contributed by atoms with Crippen LogP contribution in [-0.4, -0.2) is 41.1 Å². The van der Waals surface area contributed by atoms with Gasteiger partial charge in [-0.2, -0.15) is 0 Å². The maximum atomic E-state index is 4.51. The van der Waals surface area contributed by atoms with Crippen LogP contribution in [0.5, 0.6) is 0 Å². The molecule has 1 saturated heterocycles. The number of aromatic amines is 1. The highest BCUT2D eigenvalue weighted by atomic mass is 35.5. The Morgan fingerprint density at radius 1 is 1.25 bits per heavy atom. The summed E-state index contributed by atoms with van der Waals surface area (Å²) >= 11 is 0. The summed E-state index contributed by atoms with van der Waals surface area (Å²) in [6, 6.07) is 1.97. The van der Waals surface area contributed by atoms with Gasteiger partial charge in [-0.3, -0.25) is 0 Å². The molecule has 0 spiro atoms. The Bertz CT molecular complexity index is 463. The van der Waals surface area contributed by atoms with Gasteiger partial charge in [-0.05, 0) is 6.07 Å². The molecule has 1 aliphatic rings. The van der Waals surface area contributed by atoms with Crippen molar-refractivity contribution in [1.82, 2.24) is 20.3 Å². The lowest BCUT2D eigenvalue weighted by Crippen LogP contribution is -2.44. The van der Waals surface area contributed by atoms with E-state index in [4.69, 9.17) is 0 Å². The van der Waals surface area contributed by atoms with Crippen molar-refractivity contribution in [2.24, 2.45) is 0 Å². The van der Waals surface area contributed by atoms with Crippen LogP contribution in [0.25, 0.3) is 11.0 Å². The van der Waals surface area contributed by atoms with Gasteiger partial charge in [0.25, 0.3) is 0 Å². The standard InChI is InChI=1S/C10H13N5.ClH/c1-2-12-9-7-13-10(14-8(1)9)15-5-3-11-4-6-15;/h1-2,7,11-12H,3-6H2;1H. The van der Waals surface area contributed by atoms with Gasteiger partial charge < -0.3 is 15.2 Å². The van der Waals surface area contributed by atoms with E-state index >= 15 is 0 Å². The molecule has 1 aliphatic heterocycles. The number of H-pyrrole nitrogens is 1. The Kier molecular flexibility index (Phi) is 3.26. The topological polar surface area (TPSA) is 56.8 Å². The average Bonchev–Trinajstić information content (AvgIpc) is 2.77. The molecule has 0 atom stereocenters. The highest BCUT2D eigenvalue weighted by molar-refractivity contribution is 5.85. The summed E-state index contributed by atoms with van der Waals surface area (Å²) in [6.07, 6.45) is 3.74. The molecule has 0 aromatic carbocycles. The molecule has 3 heterocycles. The number of nitrogens with zero attached hydrogens (tertiary/aromatic N) is 3. The number of hydrogen-bond acceptors (Lipinski definition) is 4. The molecule has 2 N–H and O–H groups in total. The van der Waals surface area contributed by atoms with Crippen LogP contribution in [0.1, 0.15) is 0 Å². The molecule has 0 bridgehead atoms. The van der Waals surface area contributed by atoms with Crippen molar-refractivity contribution in [2.45, 2.75) is 0 Å². The van der Waals surface area contributed by atoms with E-state index in [1.165, 1.54) is 0 Å². The molecule has 5 nitrogen and oxygen atoms in total. The smallest absolute Gasteiger partial charge is 0.226 e. The van der Waals surface area contributed by atoms with Crippen molar-refractivity contribution in [2.75, 3.05) is 31.1 Å². The molecular formula is C10H14ClN5. The highest BCUT2D eigenvalue weighted by Crippen LogP contribution is 2.13. The predicted molar refractivity (Wildman–Crippen MR) is 66.2 cm³/mol. The van der Waals surface area contributed by atoms with E-state index in [9.17, 15) is 0 Å². The first kappa shape index (κ1) is 11.2. The maximum absolute atomic E-state index is 4.51. The zero-order valence-corrected chi connectivity index (χ0v) is 9.63. The van der Waals surface area contributed by atoms with E-state index < -0.39 is 0 Å². The lowest BCUT2D eigenvalue weighted by molar-refractivity contribution is 0.580. The largest absolute Gasteiger partial charge is 0.359 e. The molecule has 0 amide bonds. The molecule has 0 radical (unpaired) electrons. The van der Waals surface area contributed by atoms with E-state index in [1.54, 1.807) is 0 Å². The molecule has 16 heavy (non-hydrogen) atoms. The second-order valence-corrected chi connectivity index (χ2v) is 3.68. The third-order valence-corrected chi connectivity index (χ3v) is 2.69. The Morgan fingerprint density at radius 2 is 2.06 bits per heavy atom. The SMILES string of the molecule is Cl.c1cc2nc(N3CCNCC3)ncc2[nH]1. The van der Waals surface area contributed by atoms with Gasteiger partial charge in [0, 0.05) is 32.4 Å². The number of anilines is 1. The number of halogens is 1. The lowest BCUT2D eigenvalue weighted by Gasteiger charge is -2.27. The second-order valence-electron chi connectivity index (χ2n) is 3.68. The Hall–Kier alpha value is -1.33. The zero-order chi connectivity index (χ0) is 10.1. The molecule has 2 aromatic rings. The highest BCUT2D eigenvalue weighted by Gasteiger charge is 2.13. The number of piperazine rings is 1. The average molecular weight is 240 g/mol. The van der Waals surface area contributed by atoms with Crippen LogP contribution in [0, 0.1) is 0 Å². The predicted octanol–water partition coefficient (Wildman–Crippen LogP) is 0.789. The fourth-order valence-electron chi connectivity index (χ4n) is 1.85. The van der Waals surface area contributed by atoms with E-state index in [1.807, 2.05) is 18.5 Å². The van der Waals surface area contributed by atoms with Gasteiger partial charge in [0.1, 0.15) is 0 Å². The molecule has 0 aliphatic carbocycles. The normalized spacial score (nSPS) is 16.1. The quantitative estimate of drug-likeness (QED) is 0.773. The van der Waals surface area contributed by atoms with Gasteiger partial charge in [-0.25, -0.2) is 9.97 Å². The summed E-state index contributed by atoms with van der Waals surface area (Å²) in [5, 5.41) is 3.31. The Morgan fingerprint density at radius 3 is 2.88 bits per heavy atom. The molecule has 0 unspecified atom stereocenters. The van der Waals surface area contributed by atoms with Crippen LogP contribution >= 0.6 is 12.4 Å². The first-order valence-electron chi connectivity index (χ1n) is 5.19. The summed E-state index contributed by atoms with van der Waals surface area (Å²) in [5.41, 5.74) is 1.98. The van der Waals surface area contributed by atoms with Gasteiger partial charge >= 0.3 is 0 Å². The van der Waals surface area contributed by atoms with Crippen molar-refractivity contribution >= 4 is 29.4 Å². The minimum atomic E-state index is 0. The Balaban J connectivity index is 0.000000963. The molecule has 1 fully saturated rings. The number of fused-ring (bicyclic) bond motifs is 1. The Labute approximate surface area is 99.7 Å². The van der Waals surface area contributed by atoms with E-state index in [0.29, 0.717) is 0 Å². The van der Waals surface area contributed by atoms with Crippen LogP contribution in [-0.2, 0) is 0 Å². The van der Waals surface area contributed by atoms with E-state index in [2.05, 4.69) is 25.2 Å². The molecular weight excluding hydrogens is 226 g/mol. The minimum Gasteiger partial charge on any atom is -0.359 e. The fourth-order valence-corrected chi connectivity index (χ4v) is 1.85. The zero-order valence-electron chi connectivity index (χ0n) is 8.81. The first-order chi connectivity index (χ1) is 7.43. The molecule has 0 saturated carbocycles. The minimum absolute atomic E-state index is 0. The summed E-state index contributed by atoms with van der Waals surface area (Å²) in [6.45, 7) is 3.98. The van der Waals surface area contributed by atoms with Gasteiger partial charge in [-0.15, -0.1) is 12.4 Å². The number of hydrogen-bond donors (Lipinski definition) is 2. The van der Waals surface area contributed by atoms with Gasteiger partial charge in [-0.1, -0.05) is 0 Å². The van der Waals surface area contributed by atoms with Crippen LogP contribution in [0.4, 0.5) is 5.95 Å². The van der Waals surface area contributed by atoms with Crippen molar-refractivity contribution < 1.29 is 0 Å². The second kappa shape index (κ2) is 4.67. The number of aromatic nitrogens is 3. The van der Waals surface area contributed by atoms with Crippen molar-refractivity contribution in [3.63, 3.8) is 0 Å². The first-order valence-corrected chi connectivity index (χ1v) is 5.19. The summed E-state index contributed by atoms with van der Waals surface area (Å²) in [5.74, 6) is 0.837. The third kappa shape index (κ3) is 1.96. The van der Waals surface area contributed by atoms with E-state index in [0.717, 1.165) is 43.2 Å². The molecule has 3 rings (SSSR count). The van der Waals surface area contributed by atoms with Gasteiger partial charge in [0.15, 0.2) is 0 Å². The molecule has 6 heteroatoms. The lowest BCUT2D eigenvalue weighted by atomic mass is 10.4. The van der Waals surface area contributed by atoms with Crippen LogP contribution in [0.15, 0.2) is 18.5 Å².